The Morgan fingerprint density at radius 1 is 1.05 bits per heavy atom. The molecule has 0 aromatic heterocycles. The van der Waals surface area contributed by atoms with Crippen LogP contribution in [0.1, 0.15) is 0 Å². The normalized spacial score (nSPS) is 9.95. The van der Waals surface area contributed by atoms with Crippen molar-refractivity contribution in [3.8, 4) is 11.5 Å². The van der Waals surface area contributed by atoms with Crippen LogP contribution in [0.5, 0.6) is 11.5 Å². The van der Waals surface area contributed by atoms with Crippen LogP contribution in [0.25, 0.3) is 0 Å². The first-order valence-corrected chi connectivity index (χ1v) is 6.15. The lowest BCUT2D eigenvalue weighted by molar-refractivity contribution is 0.333. The van der Waals surface area contributed by atoms with Crippen molar-refractivity contribution in [2.45, 2.75) is 0 Å². The van der Waals surface area contributed by atoms with E-state index in [9.17, 15) is 0 Å². The quantitative estimate of drug-likeness (QED) is 0.618. The predicted molar refractivity (Wildman–Crippen MR) is 77.8 cm³/mol. The third-order valence-corrected chi connectivity index (χ3v) is 2.69. The maximum Gasteiger partial charge on any atom is 0.121 e. The molecule has 0 atom stereocenters. The molecular formula is C15H18N2O2. The summed E-state index contributed by atoms with van der Waals surface area (Å²) in [6, 6.07) is 15.2. The molecule has 0 bridgehead atoms. The molecule has 0 radical (unpaired) electrons. The standard InChI is InChI=1S/C15H18N2O2/c1-18-13-7-8-14(16)15(11-13)17-9-10-19-12-5-3-2-4-6-12/h2-8,11,17H,9-10,16H2,1H3. The molecular weight excluding hydrogens is 240 g/mol. The lowest BCUT2D eigenvalue weighted by Crippen LogP contribution is -2.12. The summed E-state index contributed by atoms with van der Waals surface area (Å²) in [5, 5.41) is 3.23. The van der Waals surface area contributed by atoms with Gasteiger partial charge in [-0.05, 0) is 24.3 Å². The Balaban J connectivity index is 1.82. The average molecular weight is 258 g/mol. The molecule has 4 heteroatoms. The van der Waals surface area contributed by atoms with Gasteiger partial charge in [0.05, 0.1) is 18.5 Å². The summed E-state index contributed by atoms with van der Waals surface area (Å²) in [5.74, 6) is 1.64. The van der Waals surface area contributed by atoms with Crippen molar-refractivity contribution in [2.24, 2.45) is 0 Å². The maximum atomic E-state index is 5.88. The highest BCUT2D eigenvalue weighted by Gasteiger charge is 2.00. The molecule has 2 aromatic rings. The zero-order chi connectivity index (χ0) is 13.5. The molecule has 19 heavy (non-hydrogen) atoms. The number of nitrogens with two attached hydrogens (primary N) is 1. The van der Waals surface area contributed by atoms with E-state index in [4.69, 9.17) is 15.2 Å². The Hall–Kier alpha value is -2.36. The number of para-hydroxylation sites is 1. The minimum absolute atomic E-state index is 0.570. The van der Waals surface area contributed by atoms with Gasteiger partial charge in [-0.3, -0.25) is 0 Å². The summed E-state index contributed by atoms with van der Waals surface area (Å²) in [4.78, 5) is 0. The van der Waals surface area contributed by atoms with Crippen LogP contribution in [-0.2, 0) is 0 Å². The first-order chi connectivity index (χ1) is 9.29. The van der Waals surface area contributed by atoms with Gasteiger partial charge in [0.25, 0.3) is 0 Å². The molecule has 2 rings (SSSR count). The summed E-state index contributed by atoms with van der Waals surface area (Å²) in [6.07, 6.45) is 0. The summed E-state index contributed by atoms with van der Waals surface area (Å²) in [5.41, 5.74) is 7.43. The fourth-order valence-electron chi connectivity index (χ4n) is 1.69. The lowest BCUT2D eigenvalue weighted by Gasteiger charge is -2.11. The summed E-state index contributed by atoms with van der Waals surface area (Å²) < 4.78 is 10.7. The van der Waals surface area contributed by atoms with Crippen molar-refractivity contribution in [3.63, 3.8) is 0 Å². The van der Waals surface area contributed by atoms with Crippen molar-refractivity contribution in [1.82, 2.24) is 0 Å². The van der Waals surface area contributed by atoms with E-state index >= 15 is 0 Å². The first kappa shape index (κ1) is 13.1. The van der Waals surface area contributed by atoms with E-state index in [1.54, 1.807) is 7.11 Å². The Kier molecular flexibility index (Phi) is 4.50. The number of ether oxygens (including phenoxy) is 2. The Bertz CT molecular complexity index is 515. The Morgan fingerprint density at radius 2 is 1.84 bits per heavy atom. The predicted octanol–water partition coefficient (Wildman–Crippen LogP) is 2.77. The molecule has 0 amide bonds. The smallest absolute Gasteiger partial charge is 0.121 e. The molecule has 0 saturated heterocycles. The van der Waals surface area contributed by atoms with Gasteiger partial charge in [0.2, 0.25) is 0 Å². The van der Waals surface area contributed by atoms with Gasteiger partial charge in [0, 0.05) is 12.6 Å². The van der Waals surface area contributed by atoms with Crippen LogP contribution < -0.4 is 20.5 Å². The molecule has 0 spiro atoms. The molecule has 0 fully saturated rings. The molecule has 100 valence electrons. The molecule has 0 saturated carbocycles. The van der Waals surface area contributed by atoms with Gasteiger partial charge < -0.3 is 20.5 Å². The van der Waals surface area contributed by atoms with Gasteiger partial charge in [0.1, 0.15) is 18.1 Å². The first-order valence-electron chi connectivity index (χ1n) is 6.15. The number of nitrogens with one attached hydrogen (secondary N) is 1. The van der Waals surface area contributed by atoms with Crippen molar-refractivity contribution >= 4 is 11.4 Å². The van der Waals surface area contributed by atoms with Crippen LogP contribution in [0.15, 0.2) is 48.5 Å². The second kappa shape index (κ2) is 6.54. The van der Waals surface area contributed by atoms with Gasteiger partial charge in [-0.15, -0.1) is 0 Å². The van der Waals surface area contributed by atoms with E-state index in [-0.39, 0.29) is 0 Å². The fraction of sp³-hybridized carbons (Fsp3) is 0.200. The van der Waals surface area contributed by atoms with E-state index < -0.39 is 0 Å². The van der Waals surface area contributed by atoms with E-state index in [0.717, 1.165) is 17.2 Å². The molecule has 0 heterocycles. The highest BCUT2D eigenvalue weighted by molar-refractivity contribution is 5.68. The summed E-state index contributed by atoms with van der Waals surface area (Å²) in [6.45, 7) is 1.24. The fourth-order valence-corrected chi connectivity index (χ4v) is 1.69. The Labute approximate surface area is 113 Å². The third-order valence-electron chi connectivity index (χ3n) is 2.69. The summed E-state index contributed by atoms with van der Waals surface area (Å²) >= 11 is 0. The number of hydrogen-bond acceptors (Lipinski definition) is 4. The van der Waals surface area contributed by atoms with Crippen LogP contribution in [0.4, 0.5) is 11.4 Å². The SMILES string of the molecule is COc1ccc(N)c(NCCOc2ccccc2)c1. The van der Waals surface area contributed by atoms with Crippen molar-refractivity contribution in [2.75, 3.05) is 31.3 Å². The molecule has 3 N–H and O–H groups in total. The minimum Gasteiger partial charge on any atom is -0.497 e. The number of anilines is 2. The maximum absolute atomic E-state index is 5.88. The van der Waals surface area contributed by atoms with Gasteiger partial charge >= 0.3 is 0 Å². The highest BCUT2D eigenvalue weighted by Crippen LogP contribution is 2.24. The van der Waals surface area contributed by atoms with Crippen LogP contribution >= 0.6 is 0 Å². The largest absolute Gasteiger partial charge is 0.497 e. The lowest BCUT2D eigenvalue weighted by atomic mass is 10.2. The second-order valence-electron chi connectivity index (χ2n) is 4.04. The number of nitrogen functional groups attached to an aromatic ring is 1. The monoisotopic (exact) mass is 258 g/mol. The van der Waals surface area contributed by atoms with Gasteiger partial charge in [-0.1, -0.05) is 18.2 Å². The van der Waals surface area contributed by atoms with Gasteiger partial charge in [-0.25, -0.2) is 0 Å². The highest BCUT2D eigenvalue weighted by atomic mass is 16.5. The van der Waals surface area contributed by atoms with Crippen LogP contribution in [0.3, 0.4) is 0 Å². The van der Waals surface area contributed by atoms with E-state index in [0.29, 0.717) is 18.8 Å². The zero-order valence-corrected chi connectivity index (χ0v) is 10.9. The number of hydrogen-bond donors (Lipinski definition) is 2. The van der Waals surface area contributed by atoms with Crippen molar-refractivity contribution in [1.29, 1.82) is 0 Å². The van der Waals surface area contributed by atoms with Crippen LogP contribution in [0, 0.1) is 0 Å². The van der Waals surface area contributed by atoms with Crippen LogP contribution in [0.2, 0.25) is 0 Å². The number of methoxy groups -OCH3 is 1. The van der Waals surface area contributed by atoms with E-state index in [2.05, 4.69) is 5.32 Å². The van der Waals surface area contributed by atoms with E-state index in [1.165, 1.54) is 0 Å². The molecule has 2 aromatic carbocycles. The van der Waals surface area contributed by atoms with Crippen molar-refractivity contribution < 1.29 is 9.47 Å². The third kappa shape index (κ3) is 3.81. The minimum atomic E-state index is 0.570. The van der Waals surface area contributed by atoms with Crippen molar-refractivity contribution in [3.05, 3.63) is 48.5 Å². The number of rotatable bonds is 6. The topological polar surface area (TPSA) is 56.5 Å². The molecule has 0 aliphatic carbocycles. The average Bonchev–Trinajstić information content (AvgIpc) is 2.46. The van der Waals surface area contributed by atoms with Gasteiger partial charge in [0.15, 0.2) is 0 Å². The van der Waals surface area contributed by atoms with Crippen LogP contribution in [-0.4, -0.2) is 20.3 Å². The Morgan fingerprint density at radius 3 is 2.58 bits per heavy atom. The molecule has 0 unspecified atom stereocenters. The summed E-state index contributed by atoms with van der Waals surface area (Å²) in [7, 11) is 1.63. The molecule has 0 aliphatic heterocycles. The zero-order valence-electron chi connectivity index (χ0n) is 10.9. The molecule has 0 aliphatic rings. The number of benzene rings is 2. The van der Waals surface area contributed by atoms with Gasteiger partial charge in [-0.2, -0.15) is 0 Å². The van der Waals surface area contributed by atoms with E-state index in [1.807, 2.05) is 48.5 Å². The second-order valence-corrected chi connectivity index (χ2v) is 4.04. The molecule has 4 nitrogen and oxygen atoms in total.